The Morgan fingerprint density at radius 2 is 0.885 bits per heavy atom. The molecule has 52 heavy (non-hydrogen) atoms. The highest BCUT2D eigenvalue weighted by atomic mass is 35.5. The standard InChI is InChI=1S/C32H24Cl4N6O8S2/c33-19-9-13(10-20(34)23(19)31(51(45,46)47)17-7-3-1-5-15(17)25(37)27(41-39)29(31)43)14-11-21(35)24(22(36)12-14)32(52(48,49)50)18-8-4-2-6-16(18)26(38)28(42-40)30(32)44/h1-12,29-30,37-38,43-44H,39-40H2,(H,45,46,47)(H,48,49,50). The number of nitrogens with one attached hydrogen (secondary N) is 2. The van der Waals surface area contributed by atoms with Crippen molar-refractivity contribution in [2.24, 2.45) is 21.9 Å². The number of benzene rings is 4. The maximum Gasteiger partial charge on any atom is 0.282 e. The lowest BCUT2D eigenvalue weighted by Gasteiger charge is -2.42. The van der Waals surface area contributed by atoms with Gasteiger partial charge in [-0.25, -0.2) is 0 Å². The van der Waals surface area contributed by atoms with Crippen molar-refractivity contribution in [2.75, 3.05) is 0 Å². The van der Waals surface area contributed by atoms with Gasteiger partial charge in [0.1, 0.15) is 23.6 Å². The topological polar surface area (TPSA) is 274 Å². The number of fused-ring (bicyclic) bond motifs is 2. The van der Waals surface area contributed by atoms with E-state index >= 15 is 0 Å². The zero-order valence-corrected chi connectivity index (χ0v) is 30.5. The van der Waals surface area contributed by atoms with Crippen LogP contribution in [0.15, 0.2) is 83.0 Å². The fraction of sp³-hybridized carbons (Fsp3) is 0.125. The largest absolute Gasteiger partial charge is 0.384 e. The molecule has 0 bridgehead atoms. The van der Waals surface area contributed by atoms with Gasteiger partial charge in [0.15, 0.2) is 9.49 Å². The molecule has 4 atom stereocenters. The van der Waals surface area contributed by atoms with Crippen LogP contribution < -0.4 is 11.7 Å². The van der Waals surface area contributed by atoms with Crippen molar-refractivity contribution in [3.8, 4) is 11.1 Å². The van der Waals surface area contributed by atoms with Crippen molar-refractivity contribution in [2.45, 2.75) is 21.7 Å². The Morgan fingerprint density at radius 1 is 0.596 bits per heavy atom. The first kappa shape index (κ1) is 37.8. The average Bonchev–Trinajstić information content (AvgIpc) is 3.06. The molecule has 0 aliphatic heterocycles. The predicted octanol–water partition coefficient (Wildman–Crippen LogP) is 4.34. The Labute approximate surface area is 315 Å². The molecule has 4 aromatic carbocycles. The molecule has 0 saturated carbocycles. The summed E-state index contributed by atoms with van der Waals surface area (Å²) in [7, 11) is -10.8. The van der Waals surface area contributed by atoms with Gasteiger partial charge in [-0.05, 0) is 46.5 Å². The van der Waals surface area contributed by atoms with Gasteiger partial charge in [-0.1, -0.05) is 94.9 Å². The first-order chi connectivity index (χ1) is 24.3. The van der Waals surface area contributed by atoms with Crippen LogP contribution in [0.2, 0.25) is 20.1 Å². The Bertz CT molecular complexity index is 2330. The lowest BCUT2D eigenvalue weighted by Crippen LogP contribution is -2.57. The molecular weight excluding hydrogens is 802 g/mol. The van der Waals surface area contributed by atoms with Crippen LogP contribution in [0.3, 0.4) is 0 Å². The van der Waals surface area contributed by atoms with Crippen LogP contribution in [0, 0.1) is 10.8 Å². The normalized spacial score (nSPS) is 24.9. The molecule has 270 valence electrons. The molecule has 0 spiro atoms. The number of aliphatic hydroxyl groups excluding tert-OH is 2. The summed E-state index contributed by atoms with van der Waals surface area (Å²) < 4.78 is 69.7. The molecule has 0 fully saturated rings. The minimum Gasteiger partial charge on any atom is -0.384 e. The molecule has 4 aromatic rings. The van der Waals surface area contributed by atoms with Crippen LogP contribution in [0.1, 0.15) is 33.4 Å². The molecule has 6 rings (SSSR count). The van der Waals surface area contributed by atoms with E-state index in [1.807, 2.05) is 0 Å². The second-order valence-corrected chi connectivity index (χ2v) is 16.5. The smallest absolute Gasteiger partial charge is 0.282 e. The first-order valence-corrected chi connectivity index (χ1v) is 18.9. The van der Waals surface area contributed by atoms with Crippen LogP contribution in [-0.4, -0.2) is 71.2 Å². The van der Waals surface area contributed by atoms with Crippen molar-refractivity contribution < 1.29 is 36.2 Å². The monoisotopic (exact) mass is 824 g/mol. The zero-order chi connectivity index (χ0) is 38.3. The molecule has 2 aliphatic rings. The lowest BCUT2D eigenvalue weighted by molar-refractivity contribution is 0.196. The summed E-state index contributed by atoms with van der Waals surface area (Å²) in [5.41, 5.74) is -3.34. The first-order valence-electron chi connectivity index (χ1n) is 14.5. The minimum absolute atomic E-state index is 0.0443. The number of aliphatic hydroxyl groups is 2. The van der Waals surface area contributed by atoms with E-state index < -0.39 is 96.0 Å². The van der Waals surface area contributed by atoms with E-state index in [1.54, 1.807) is 0 Å². The minimum atomic E-state index is -5.42. The SMILES string of the molecule is N=C1C(=NN)C(O)C(c2c(Cl)cc(-c3cc(Cl)c(C4(S(=O)(=O)O)c5ccccc5C(=N)C(=NN)C4O)c(Cl)c3)cc2Cl)(S(=O)(=O)O)c2ccccc21. The number of rotatable bonds is 5. The summed E-state index contributed by atoms with van der Waals surface area (Å²) in [5.74, 6) is 11.0. The Kier molecular flexibility index (Phi) is 9.36. The molecule has 0 saturated heterocycles. The number of hydrogen-bond acceptors (Lipinski definition) is 12. The highest BCUT2D eigenvalue weighted by Gasteiger charge is 2.62. The van der Waals surface area contributed by atoms with Gasteiger partial charge in [-0.3, -0.25) is 19.9 Å². The molecule has 0 radical (unpaired) electrons. The maximum absolute atomic E-state index is 13.4. The van der Waals surface area contributed by atoms with Crippen molar-refractivity contribution in [1.29, 1.82) is 10.8 Å². The third-order valence-corrected chi connectivity index (χ3v) is 13.4. The molecular formula is C32H24Cl4N6O8S2. The quantitative estimate of drug-likeness (QED) is 0.0801. The fourth-order valence-corrected chi connectivity index (χ4v) is 11.5. The maximum atomic E-state index is 13.4. The summed E-state index contributed by atoms with van der Waals surface area (Å²) in [4.78, 5) is 0. The van der Waals surface area contributed by atoms with Gasteiger partial charge in [-0.2, -0.15) is 27.0 Å². The van der Waals surface area contributed by atoms with Crippen LogP contribution in [0.5, 0.6) is 0 Å². The van der Waals surface area contributed by atoms with Crippen LogP contribution in [0.4, 0.5) is 0 Å². The van der Waals surface area contributed by atoms with Crippen molar-refractivity contribution in [3.63, 3.8) is 0 Å². The fourth-order valence-electron chi connectivity index (χ4n) is 7.10. The van der Waals surface area contributed by atoms with Crippen LogP contribution in [0.25, 0.3) is 11.1 Å². The van der Waals surface area contributed by atoms with E-state index in [9.17, 15) is 36.2 Å². The Hall–Kier alpha value is -3.94. The van der Waals surface area contributed by atoms with Crippen LogP contribution >= 0.6 is 46.4 Å². The zero-order valence-electron chi connectivity index (χ0n) is 25.9. The summed E-state index contributed by atoms with van der Waals surface area (Å²) in [6, 6.07) is 15.9. The molecule has 14 nitrogen and oxygen atoms in total. The number of hydrogen-bond donors (Lipinski definition) is 8. The number of nitrogens with two attached hydrogens (primary N) is 2. The molecule has 4 unspecified atom stereocenters. The number of hydrazone groups is 2. The average molecular weight is 827 g/mol. The van der Waals surface area contributed by atoms with Gasteiger partial charge >= 0.3 is 0 Å². The predicted molar refractivity (Wildman–Crippen MR) is 198 cm³/mol. The molecule has 10 N–H and O–H groups in total. The van der Waals surface area contributed by atoms with E-state index in [2.05, 4.69) is 10.2 Å². The Morgan fingerprint density at radius 3 is 1.15 bits per heavy atom. The van der Waals surface area contributed by atoms with Gasteiger partial charge in [-0.15, -0.1) is 0 Å². The van der Waals surface area contributed by atoms with Gasteiger partial charge in [0, 0.05) is 42.3 Å². The molecule has 2 aliphatic carbocycles. The number of nitrogens with zero attached hydrogens (tertiary/aromatic N) is 2. The van der Waals surface area contributed by atoms with E-state index in [1.165, 1.54) is 72.8 Å². The third kappa shape index (κ3) is 5.05. The van der Waals surface area contributed by atoms with Gasteiger partial charge in [0.25, 0.3) is 20.2 Å². The molecule has 0 amide bonds. The number of halogens is 4. The molecule has 0 aromatic heterocycles. The van der Waals surface area contributed by atoms with Gasteiger partial charge in [0.2, 0.25) is 0 Å². The van der Waals surface area contributed by atoms with Crippen molar-refractivity contribution >= 4 is 89.5 Å². The second kappa shape index (κ2) is 12.9. The summed E-state index contributed by atoms with van der Waals surface area (Å²) >= 11 is 27.0. The Balaban J connectivity index is 1.61. The van der Waals surface area contributed by atoms with Gasteiger partial charge in [0.05, 0.1) is 11.4 Å². The summed E-state index contributed by atoms with van der Waals surface area (Å²) in [5, 5.41) is 45.2. The summed E-state index contributed by atoms with van der Waals surface area (Å²) in [6.07, 6.45) is -4.55. The van der Waals surface area contributed by atoms with E-state index in [4.69, 9.17) is 68.9 Å². The van der Waals surface area contributed by atoms with Crippen molar-refractivity contribution in [1.82, 2.24) is 0 Å². The molecule has 20 heteroatoms. The van der Waals surface area contributed by atoms with E-state index in [0.29, 0.717) is 0 Å². The lowest BCUT2D eigenvalue weighted by atomic mass is 9.73. The highest BCUT2D eigenvalue weighted by molar-refractivity contribution is 7.87. The van der Waals surface area contributed by atoms with E-state index in [0.717, 1.165) is 0 Å². The van der Waals surface area contributed by atoms with Crippen LogP contribution in [-0.2, 0) is 29.7 Å². The highest BCUT2D eigenvalue weighted by Crippen LogP contribution is 2.54. The summed E-state index contributed by atoms with van der Waals surface area (Å²) in [6.45, 7) is 0. The molecule has 0 heterocycles. The van der Waals surface area contributed by atoms with E-state index in [-0.39, 0.29) is 33.4 Å². The van der Waals surface area contributed by atoms with Crippen molar-refractivity contribution in [3.05, 3.63) is 126 Å². The third-order valence-electron chi connectivity index (χ3n) is 9.25. The van der Waals surface area contributed by atoms with Gasteiger partial charge < -0.3 is 21.9 Å². The second-order valence-electron chi connectivity index (χ2n) is 11.7.